The van der Waals surface area contributed by atoms with E-state index in [4.69, 9.17) is 9.47 Å². The summed E-state index contributed by atoms with van der Waals surface area (Å²) in [6, 6.07) is 0. The third-order valence-electron chi connectivity index (χ3n) is 1.76. The lowest BCUT2D eigenvalue weighted by atomic mass is 10.1. The number of nitrogens with zero attached hydrogens (tertiary/aromatic N) is 1. The minimum absolute atomic E-state index is 0.0694. The Balaban J connectivity index is 3.21. The standard InChI is InChI=1S/C9H10FNO3/c1-13-9(14-2)8-6(5-12)3-11-4-7(8)10/h3-5,9H,1-2H3. The molecule has 0 amide bonds. The highest BCUT2D eigenvalue weighted by molar-refractivity contribution is 5.76. The van der Waals surface area contributed by atoms with E-state index in [1.165, 1.54) is 20.4 Å². The van der Waals surface area contributed by atoms with Gasteiger partial charge in [-0.3, -0.25) is 9.78 Å². The molecule has 1 aromatic rings. The molecule has 0 aliphatic carbocycles. The van der Waals surface area contributed by atoms with Crippen molar-refractivity contribution >= 4 is 6.29 Å². The van der Waals surface area contributed by atoms with Gasteiger partial charge in [0.25, 0.3) is 0 Å². The van der Waals surface area contributed by atoms with Gasteiger partial charge in [-0.05, 0) is 0 Å². The van der Waals surface area contributed by atoms with Crippen LogP contribution in [0, 0.1) is 5.82 Å². The summed E-state index contributed by atoms with van der Waals surface area (Å²) >= 11 is 0. The van der Waals surface area contributed by atoms with Crippen LogP contribution < -0.4 is 0 Å². The summed E-state index contributed by atoms with van der Waals surface area (Å²) in [6.45, 7) is 0. The fraction of sp³-hybridized carbons (Fsp3) is 0.333. The molecule has 1 rings (SSSR count). The number of rotatable bonds is 4. The van der Waals surface area contributed by atoms with Crippen LogP contribution in [0.25, 0.3) is 0 Å². The van der Waals surface area contributed by atoms with Crippen molar-refractivity contribution in [2.45, 2.75) is 6.29 Å². The lowest BCUT2D eigenvalue weighted by molar-refractivity contribution is -0.108. The zero-order chi connectivity index (χ0) is 10.6. The molecule has 0 saturated carbocycles. The van der Waals surface area contributed by atoms with Gasteiger partial charge in [-0.25, -0.2) is 4.39 Å². The number of methoxy groups -OCH3 is 2. The molecule has 0 bridgehead atoms. The lowest BCUT2D eigenvalue weighted by Gasteiger charge is -2.15. The Morgan fingerprint density at radius 1 is 1.43 bits per heavy atom. The van der Waals surface area contributed by atoms with Crippen molar-refractivity contribution in [3.8, 4) is 0 Å². The van der Waals surface area contributed by atoms with Gasteiger partial charge in [0.1, 0.15) is 5.82 Å². The van der Waals surface area contributed by atoms with Gasteiger partial charge in [-0.2, -0.15) is 0 Å². The monoisotopic (exact) mass is 199 g/mol. The third-order valence-corrected chi connectivity index (χ3v) is 1.76. The van der Waals surface area contributed by atoms with E-state index >= 15 is 0 Å². The summed E-state index contributed by atoms with van der Waals surface area (Å²) in [5.41, 5.74) is 0.193. The average Bonchev–Trinajstić information content (AvgIpc) is 2.22. The first kappa shape index (κ1) is 10.7. The van der Waals surface area contributed by atoms with Crippen LogP contribution in [0.15, 0.2) is 12.4 Å². The number of halogens is 1. The number of carbonyl (C=O) groups is 1. The van der Waals surface area contributed by atoms with E-state index in [2.05, 4.69) is 4.98 Å². The van der Waals surface area contributed by atoms with Gasteiger partial charge >= 0.3 is 0 Å². The van der Waals surface area contributed by atoms with E-state index in [0.717, 1.165) is 6.20 Å². The molecule has 0 aromatic carbocycles. The Bertz CT molecular complexity index is 326. The van der Waals surface area contributed by atoms with E-state index < -0.39 is 12.1 Å². The highest BCUT2D eigenvalue weighted by atomic mass is 19.1. The Morgan fingerprint density at radius 2 is 2.07 bits per heavy atom. The first-order valence-electron chi connectivity index (χ1n) is 3.88. The molecule has 0 fully saturated rings. The predicted molar refractivity (Wildman–Crippen MR) is 46.3 cm³/mol. The second-order valence-electron chi connectivity index (χ2n) is 2.55. The van der Waals surface area contributed by atoms with Crippen LogP contribution >= 0.6 is 0 Å². The van der Waals surface area contributed by atoms with Crippen LogP contribution in [0.2, 0.25) is 0 Å². The highest BCUT2D eigenvalue weighted by Crippen LogP contribution is 2.22. The van der Waals surface area contributed by atoms with E-state index in [9.17, 15) is 9.18 Å². The molecule has 0 saturated heterocycles. The van der Waals surface area contributed by atoms with Gasteiger partial charge in [0.05, 0.1) is 11.8 Å². The Morgan fingerprint density at radius 3 is 2.57 bits per heavy atom. The van der Waals surface area contributed by atoms with Crippen LogP contribution in [0.4, 0.5) is 4.39 Å². The van der Waals surface area contributed by atoms with Crippen LogP contribution in [0.3, 0.4) is 0 Å². The summed E-state index contributed by atoms with van der Waals surface area (Å²) in [4.78, 5) is 14.1. The van der Waals surface area contributed by atoms with Gasteiger partial charge in [0.15, 0.2) is 12.6 Å². The molecule has 1 aromatic heterocycles. The zero-order valence-electron chi connectivity index (χ0n) is 7.86. The summed E-state index contributed by atoms with van der Waals surface area (Å²) < 4.78 is 23.0. The maximum Gasteiger partial charge on any atom is 0.186 e. The Hall–Kier alpha value is -1.33. The largest absolute Gasteiger partial charge is 0.352 e. The molecule has 0 atom stereocenters. The molecule has 0 spiro atoms. The molecule has 0 unspecified atom stereocenters. The SMILES string of the molecule is COC(OC)c1c(F)cncc1C=O. The first-order valence-corrected chi connectivity index (χ1v) is 3.88. The first-order chi connectivity index (χ1) is 6.74. The molecule has 0 aliphatic heterocycles. The minimum atomic E-state index is -0.891. The minimum Gasteiger partial charge on any atom is -0.352 e. The van der Waals surface area contributed by atoms with Crippen molar-refractivity contribution in [2.75, 3.05) is 14.2 Å². The summed E-state index contributed by atoms with van der Waals surface area (Å²) in [6.07, 6.45) is 1.89. The van der Waals surface area contributed by atoms with Crippen molar-refractivity contribution in [1.82, 2.24) is 4.98 Å². The van der Waals surface area contributed by atoms with E-state index in [1.807, 2.05) is 0 Å². The average molecular weight is 199 g/mol. The maximum atomic E-state index is 13.3. The Kier molecular flexibility index (Phi) is 3.67. The van der Waals surface area contributed by atoms with Crippen molar-refractivity contribution in [3.05, 3.63) is 29.3 Å². The molecular formula is C9H10FNO3. The fourth-order valence-corrected chi connectivity index (χ4v) is 1.13. The smallest absolute Gasteiger partial charge is 0.186 e. The topological polar surface area (TPSA) is 48.4 Å². The molecule has 0 N–H and O–H groups in total. The number of pyridine rings is 1. The van der Waals surface area contributed by atoms with Gasteiger partial charge in [0, 0.05) is 26.0 Å². The predicted octanol–water partition coefficient (Wildman–Crippen LogP) is 1.32. The van der Waals surface area contributed by atoms with Gasteiger partial charge < -0.3 is 9.47 Å². The number of hydrogen-bond acceptors (Lipinski definition) is 4. The summed E-state index contributed by atoms with van der Waals surface area (Å²) in [5.74, 6) is -0.622. The van der Waals surface area contributed by atoms with E-state index in [-0.39, 0.29) is 11.1 Å². The fourth-order valence-electron chi connectivity index (χ4n) is 1.13. The number of carbonyl (C=O) groups excluding carboxylic acids is 1. The summed E-state index contributed by atoms with van der Waals surface area (Å²) in [7, 11) is 2.73. The Labute approximate surface area is 80.7 Å². The quantitative estimate of drug-likeness (QED) is 0.542. The second kappa shape index (κ2) is 4.78. The molecular weight excluding hydrogens is 189 g/mol. The lowest BCUT2D eigenvalue weighted by Crippen LogP contribution is -2.10. The number of hydrogen-bond donors (Lipinski definition) is 0. The van der Waals surface area contributed by atoms with Crippen LogP contribution in [0.5, 0.6) is 0 Å². The van der Waals surface area contributed by atoms with Crippen LogP contribution in [0.1, 0.15) is 22.2 Å². The second-order valence-corrected chi connectivity index (χ2v) is 2.55. The number of ether oxygens (including phenoxy) is 2. The molecule has 5 heteroatoms. The van der Waals surface area contributed by atoms with Gasteiger partial charge in [-0.1, -0.05) is 0 Å². The van der Waals surface area contributed by atoms with Crippen molar-refractivity contribution in [2.24, 2.45) is 0 Å². The third kappa shape index (κ3) is 1.94. The molecule has 1 heterocycles. The van der Waals surface area contributed by atoms with E-state index in [1.54, 1.807) is 0 Å². The number of aldehydes is 1. The van der Waals surface area contributed by atoms with Gasteiger partial charge in [-0.15, -0.1) is 0 Å². The van der Waals surface area contributed by atoms with Crippen molar-refractivity contribution in [1.29, 1.82) is 0 Å². The van der Waals surface area contributed by atoms with Crippen molar-refractivity contribution < 1.29 is 18.7 Å². The van der Waals surface area contributed by atoms with Crippen LogP contribution in [-0.4, -0.2) is 25.5 Å². The molecule has 0 aliphatic rings. The zero-order valence-corrected chi connectivity index (χ0v) is 7.86. The van der Waals surface area contributed by atoms with Gasteiger partial charge in [0.2, 0.25) is 0 Å². The number of aromatic nitrogens is 1. The van der Waals surface area contributed by atoms with Crippen molar-refractivity contribution in [3.63, 3.8) is 0 Å². The van der Waals surface area contributed by atoms with Crippen LogP contribution in [-0.2, 0) is 9.47 Å². The van der Waals surface area contributed by atoms with E-state index in [0.29, 0.717) is 6.29 Å². The molecule has 76 valence electrons. The molecule has 14 heavy (non-hydrogen) atoms. The highest BCUT2D eigenvalue weighted by Gasteiger charge is 2.18. The maximum absolute atomic E-state index is 13.3. The molecule has 4 nitrogen and oxygen atoms in total. The summed E-state index contributed by atoms with van der Waals surface area (Å²) in [5, 5.41) is 0. The molecule has 0 radical (unpaired) electrons. The normalized spacial score (nSPS) is 10.6.